The van der Waals surface area contributed by atoms with Crippen LogP contribution >= 0.6 is 11.5 Å². The highest BCUT2D eigenvalue weighted by Crippen LogP contribution is 2.23. The summed E-state index contributed by atoms with van der Waals surface area (Å²) in [5.41, 5.74) is 2.27. The van der Waals surface area contributed by atoms with E-state index in [0.29, 0.717) is 5.13 Å². The molecule has 4 nitrogen and oxygen atoms in total. The Balaban J connectivity index is 1.99. The second kappa shape index (κ2) is 4.10. The van der Waals surface area contributed by atoms with E-state index in [4.69, 9.17) is 0 Å². The minimum Gasteiger partial charge on any atom is -0.329 e. The lowest BCUT2D eigenvalue weighted by atomic mass is 10.1. The maximum absolute atomic E-state index is 3.85. The standard InChI is InChI=1S/C12H10N4S/c1-8-2-3-10-7-11(5-4-9(10)6-8)13-12-14-15-16-17-12/h2-7H,1H3,(H,13,14,16). The fourth-order valence-electron chi connectivity index (χ4n) is 1.75. The molecular formula is C12H10N4S. The Morgan fingerprint density at radius 1 is 1.06 bits per heavy atom. The zero-order valence-electron chi connectivity index (χ0n) is 9.21. The fourth-order valence-corrected chi connectivity index (χ4v) is 2.14. The molecule has 0 radical (unpaired) electrons. The zero-order chi connectivity index (χ0) is 11.7. The van der Waals surface area contributed by atoms with Crippen molar-refractivity contribution in [2.45, 2.75) is 6.92 Å². The third-order valence-corrected chi connectivity index (χ3v) is 3.06. The van der Waals surface area contributed by atoms with Gasteiger partial charge in [0.05, 0.1) is 0 Å². The van der Waals surface area contributed by atoms with Crippen molar-refractivity contribution in [3.05, 3.63) is 42.0 Å². The number of nitrogens with zero attached hydrogens (tertiary/aromatic N) is 3. The zero-order valence-corrected chi connectivity index (χ0v) is 10.0. The van der Waals surface area contributed by atoms with Gasteiger partial charge in [0.25, 0.3) is 0 Å². The lowest BCUT2D eigenvalue weighted by molar-refractivity contribution is 0.961. The number of nitrogens with one attached hydrogen (secondary N) is 1. The van der Waals surface area contributed by atoms with E-state index < -0.39 is 0 Å². The third kappa shape index (κ3) is 2.09. The van der Waals surface area contributed by atoms with Crippen LogP contribution in [0.5, 0.6) is 0 Å². The van der Waals surface area contributed by atoms with Crippen LogP contribution in [-0.4, -0.2) is 14.8 Å². The van der Waals surface area contributed by atoms with Gasteiger partial charge in [-0.1, -0.05) is 39.4 Å². The number of aromatic nitrogens is 3. The Hall–Kier alpha value is -2.01. The molecule has 3 rings (SSSR count). The van der Waals surface area contributed by atoms with Gasteiger partial charge in [-0.25, -0.2) is 0 Å². The first kappa shape index (κ1) is 10.2. The van der Waals surface area contributed by atoms with Gasteiger partial charge in [-0.3, -0.25) is 0 Å². The summed E-state index contributed by atoms with van der Waals surface area (Å²) in [5.74, 6) is 0. The highest BCUT2D eigenvalue weighted by Gasteiger charge is 2.00. The van der Waals surface area contributed by atoms with Gasteiger partial charge in [-0.05, 0) is 35.0 Å². The molecule has 1 heterocycles. The molecule has 0 bridgehead atoms. The molecule has 0 fully saturated rings. The smallest absolute Gasteiger partial charge is 0.229 e. The summed E-state index contributed by atoms with van der Waals surface area (Å²) in [7, 11) is 0. The Labute approximate surface area is 102 Å². The van der Waals surface area contributed by atoms with Gasteiger partial charge in [0.1, 0.15) is 0 Å². The van der Waals surface area contributed by atoms with Crippen LogP contribution in [-0.2, 0) is 0 Å². The second-order valence-electron chi connectivity index (χ2n) is 3.86. The van der Waals surface area contributed by atoms with Gasteiger partial charge in [-0.15, -0.1) is 0 Å². The van der Waals surface area contributed by atoms with Crippen LogP contribution in [0.2, 0.25) is 0 Å². The molecular weight excluding hydrogens is 232 g/mol. The van der Waals surface area contributed by atoms with Crippen molar-refractivity contribution >= 4 is 33.1 Å². The van der Waals surface area contributed by atoms with Crippen molar-refractivity contribution in [2.24, 2.45) is 0 Å². The van der Waals surface area contributed by atoms with Crippen LogP contribution < -0.4 is 5.32 Å². The maximum atomic E-state index is 3.85. The molecule has 5 heteroatoms. The van der Waals surface area contributed by atoms with Gasteiger partial charge in [0.15, 0.2) is 0 Å². The van der Waals surface area contributed by atoms with E-state index in [1.807, 2.05) is 6.07 Å². The van der Waals surface area contributed by atoms with Gasteiger partial charge >= 0.3 is 0 Å². The van der Waals surface area contributed by atoms with Crippen molar-refractivity contribution in [3.8, 4) is 0 Å². The van der Waals surface area contributed by atoms with Crippen molar-refractivity contribution in [1.82, 2.24) is 14.8 Å². The molecule has 0 aliphatic rings. The largest absolute Gasteiger partial charge is 0.329 e. The molecule has 1 N–H and O–H groups in total. The van der Waals surface area contributed by atoms with Gasteiger partial charge in [0, 0.05) is 17.2 Å². The first-order valence-electron chi connectivity index (χ1n) is 5.24. The Morgan fingerprint density at radius 2 is 1.88 bits per heavy atom. The minimum atomic E-state index is 0.705. The third-order valence-electron chi connectivity index (χ3n) is 2.55. The molecule has 17 heavy (non-hydrogen) atoms. The van der Waals surface area contributed by atoms with Crippen LogP contribution in [0.1, 0.15) is 5.56 Å². The second-order valence-corrected chi connectivity index (χ2v) is 4.59. The summed E-state index contributed by atoms with van der Waals surface area (Å²) in [6.45, 7) is 2.10. The Kier molecular flexibility index (Phi) is 2.45. The molecule has 3 aromatic rings. The Bertz CT molecular complexity index is 649. The first-order valence-corrected chi connectivity index (χ1v) is 6.01. The molecule has 0 saturated heterocycles. The van der Waals surface area contributed by atoms with Crippen molar-refractivity contribution in [3.63, 3.8) is 0 Å². The molecule has 0 unspecified atom stereocenters. The maximum Gasteiger partial charge on any atom is 0.229 e. The summed E-state index contributed by atoms with van der Waals surface area (Å²) < 4.78 is 3.71. The average Bonchev–Trinajstić information content (AvgIpc) is 2.82. The van der Waals surface area contributed by atoms with Crippen molar-refractivity contribution in [1.29, 1.82) is 0 Å². The van der Waals surface area contributed by atoms with Crippen LogP contribution in [0.15, 0.2) is 36.4 Å². The molecule has 0 aliphatic heterocycles. The van der Waals surface area contributed by atoms with Gasteiger partial charge in [0.2, 0.25) is 5.13 Å². The number of aryl methyl sites for hydroxylation is 1. The van der Waals surface area contributed by atoms with E-state index in [1.165, 1.54) is 27.9 Å². The van der Waals surface area contributed by atoms with Gasteiger partial charge in [-0.2, -0.15) is 0 Å². The molecule has 1 aromatic heterocycles. The van der Waals surface area contributed by atoms with E-state index in [1.54, 1.807) is 0 Å². The number of hydrogen-bond donors (Lipinski definition) is 1. The quantitative estimate of drug-likeness (QED) is 0.750. The number of anilines is 2. The number of fused-ring (bicyclic) bond motifs is 1. The van der Waals surface area contributed by atoms with E-state index >= 15 is 0 Å². The lowest BCUT2D eigenvalue weighted by Crippen LogP contribution is -1.89. The van der Waals surface area contributed by atoms with Crippen molar-refractivity contribution < 1.29 is 0 Å². The predicted molar refractivity (Wildman–Crippen MR) is 69.7 cm³/mol. The topological polar surface area (TPSA) is 50.7 Å². The summed E-state index contributed by atoms with van der Waals surface area (Å²) in [5, 5.41) is 13.7. The SMILES string of the molecule is Cc1ccc2cc(Nc3nnns3)ccc2c1. The molecule has 0 amide bonds. The number of rotatable bonds is 2. The predicted octanol–water partition coefficient (Wildman–Crippen LogP) is 3.14. The lowest BCUT2D eigenvalue weighted by Gasteiger charge is -2.04. The van der Waals surface area contributed by atoms with Crippen molar-refractivity contribution in [2.75, 3.05) is 5.32 Å². The number of benzene rings is 2. The van der Waals surface area contributed by atoms with Gasteiger partial charge < -0.3 is 5.32 Å². The molecule has 2 aromatic carbocycles. The summed E-state index contributed by atoms with van der Waals surface area (Å²) in [4.78, 5) is 0. The molecule has 0 aliphatic carbocycles. The number of hydrogen-bond acceptors (Lipinski definition) is 5. The summed E-state index contributed by atoms with van der Waals surface area (Å²) in [6.07, 6.45) is 0. The Morgan fingerprint density at radius 3 is 2.71 bits per heavy atom. The van der Waals surface area contributed by atoms with Crippen LogP contribution in [0, 0.1) is 6.92 Å². The average molecular weight is 242 g/mol. The van der Waals surface area contributed by atoms with Crippen LogP contribution in [0.4, 0.5) is 10.8 Å². The molecule has 0 spiro atoms. The highest BCUT2D eigenvalue weighted by atomic mass is 32.1. The molecule has 84 valence electrons. The van der Waals surface area contributed by atoms with E-state index in [9.17, 15) is 0 Å². The normalized spacial score (nSPS) is 10.6. The van der Waals surface area contributed by atoms with E-state index in [2.05, 4.69) is 57.4 Å². The molecule has 0 saturated carbocycles. The monoisotopic (exact) mass is 242 g/mol. The first-order chi connectivity index (χ1) is 8.31. The molecule has 0 atom stereocenters. The minimum absolute atomic E-state index is 0.705. The van der Waals surface area contributed by atoms with Crippen LogP contribution in [0.3, 0.4) is 0 Å². The van der Waals surface area contributed by atoms with E-state index in [0.717, 1.165) is 5.69 Å². The highest BCUT2D eigenvalue weighted by molar-refractivity contribution is 7.09. The van der Waals surface area contributed by atoms with Crippen LogP contribution in [0.25, 0.3) is 10.8 Å². The summed E-state index contributed by atoms with van der Waals surface area (Å²) in [6, 6.07) is 12.6. The fraction of sp³-hybridized carbons (Fsp3) is 0.0833. The summed E-state index contributed by atoms with van der Waals surface area (Å²) >= 11 is 1.24. The van der Waals surface area contributed by atoms with E-state index in [-0.39, 0.29) is 0 Å².